The van der Waals surface area contributed by atoms with Gasteiger partial charge in [0.2, 0.25) is 5.91 Å². The predicted molar refractivity (Wildman–Crippen MR) is 58.2 cm³/mol. The molecule has 2 saturated carbocycles. The fourth-order valence-electron chi connectivity index (χ4n) is 2.84. The Morgan fingerprint density at radius 1 is 1.53 bits per heavy atom. The molecule has 84 valence electrons. The van der Waals surface area contributed by atoms with Crippen LogP contribution in [0.3, 0.4) is 0 Å². The van der Waals surface area contributed by atoms with Crippen molar-refractivity contribution in [3.8, 4) is 0 Å². The highest BCUT2D eigenvalue weighted by Gasteiger charge is 2.58. The van der Waals surface area contributed by atoms with Crippen molar-refractivity contribution >= 4 is 5.91 Å². The molecule has 3 aliphatic rings. The highest BCUT2D eigenvalue weighted by atomic mass is 16.2. The number of hydrogen-bond donors (Lipinski definition) is 1. The predicted octanol–water partition coefficient (Wildman–Crippen LogP) is 1.34. The quantitative estimate of drug-likeness (QED) is 0.759. The van der Waals surface area contributed by atoms with E-state index in [2.05, 4.69) is 24.1 Å². The minimum absolute atomic E-state index is 0.122. The number of nitrogens with one attached hydrogen (secondary N) is 1. The van der Waals surface area contributed by atoms with E-state index in [0.29, 0.717) is 11.8 Å². The molecule has 1 amide bonds. The minimum Gasteiger partial charge on any atom is -0.326 e. The second kappa shape index (κ2) is 2.97. The average Bonchev–Trinajstić information content (AvgIpc) is 3.03. The van der Waals surface area contributed by atoms with Crippen molar-refractivity contribution < 1.29 is 4.79 Å². The first-order valence-electron chi connectivity index (χ1n) is 6.21. The first kappa shape index (κ1) is 9.64. The summed E-state index contributed by atoms with van der Waals surface area (Å²) >= 11 is 0. The first-order chi connectivity index (χ1) is 7.12. The average molecular weight is 208 g/mol. The Hall–Kier alpha value is -0.570. The van der Waals surface area contributed by atoms with Gasteiger partial charge >= 0.3 is 0 Å². The van der Waals surface area contributed by atoms with Crippen molar-refractivity contribution in [2.45, 2.75) is 51.2 Å². The van der Waals surface area contributed by atoms with Gasteiger partial charge in [0.25, 0.3) is 0 Å². The van der Waals surface area contributed by atoms with Gasteiger partial charge in [-0.25, -0.2) is 0 Å². The third-order valence-electron chi connectivity index (χ3n) is 4.28. The van der Waals surface area contributed by atoms with Crippen LogP contribution in [0, 0.1) is 11.8 Å². The van der Waals surface area contributed by atoms with Gasteiger partial charge in [0.15, 0.2) is 0 Å². The Morgan fingerprint density at radius 3 is 2.67 bits per heavy atom. The molecule has 0 aromatic heterocycles. The highest BCUT2D eigenvalue weighted by molar-refractivity contribution is 5.91. The summed E-state index contributed by atoms with van der Waals surface area (Å²) in [6.07, 6.45) is 5.09. The van der Waals surface area contributed by atoms with Crippen molar-refractivity contribution in [1.29, 1.82) is 0 Å². The Kier molecular flexibility index (Phi) is 1.91. The number of rotatable bonds is 3. The van der Waals surface area contributed by atoms with Crippen LogP contribution in [0.5, 0.6) is 0 Å². The monoisotopic (exact) mass is 208 g/mol. The van der Waals surface area contributed by atoms with Gasteiger partial charge in [-0.15, -0.1) is 0 Å². The van der Waals surface area contributed by atoms with Gasteiger partial charge in [0.1, 0.15) is 0 Å². The lowest BCUT2D eigenvalue weighted by Crippen LogP contribution is -2.38. The first-order valence-corrected chi connectivity index (χ1v) is 6.21. The number of hydrogen-bond acceptors (Lipinski definition) is 2. The van der Waals surface area contributed by atoms with Gasteiger partial charge < -0.3 is 4.90 Å². The van der Waals surface area contributed by atoms with Crippen molar-refractivity contribution in [3.63, 3.8) is 0 Å². The fourth-order valence-corrected chi connectivity index (χ4v) is 2.84. The standard InChI is InChI=1S/C12H20N2O/c1-8(10-3-4-10)7-14-9(2)13-12(5-6-12)11(14)15/h8-10,13H,3-7H2,1-2H3. The molecule has 0 aromatic rings. The van der Waals surface area contributed by atoms with Gasteiger partial charge in [-0.05, 0) is 44.4 Å². The Labute approximate surface area is 91.2 Å². The lowest BCUT2D eigenvalue weighted by Gasteiger charge is -2.24. The van der Waals surface area contributed by atoms with E-state index >= 15 is 0 Å². The van der Waals surface area contributed by atoms with Gasteiger partial charge in [0, 0.05) is 6.54 Å². The molecule has 3 fully saturated rings. The molecule has 0 bridgehead atoms. The lowest BCUT2D eigenvalue weighted by atomic mass is 10.1. The van der Waals surface area contributed by atoms with E-state index in [1.54, 1.807) is 0 Å². The van der Waals surface area contributed by atoms with Crippen molar-refractivity contribution in [2.75, 3.05) is 6.54 Å². The van der Waals surface area contributed by atoms with E-state index in [0.717, 1.165) is 25.3 Å². The molecule has 15 heavy (non-hydrogen) atoms. The van der Waals surface area contributed by atoms with Crippen LogP contribution in [-0.2, 0) is 4.79 Å². The number of carbonyl (C=O) groups is 1. The SMILES string of the molecule is CC(CN1C(=O)C2(CC2)NC1C)C1CC1. The molecule has 2 aliphatic carbocycles. The minimum atomic E-state index is -0.122. The zero-order chi connectivity index (χ0) is 10.6. The number of nitrogens with zero attached hydrogens (tertiary/aromatic N) is 1. The molecule has 1 heterocycles. The van der Waals surface area contributed by atoms with E-state index in [1.807, 2.05) is 0 Å². The van der Waals surface area contributed by atoms with E-state index < -0.39 is 0 Å². The third-order valence-corrected chi connectivity index (χ3v) is 4.28. The maximum Gasteiger partial charge on any atom is 0.244 e. The summed E-state index contributed by atoms with van der Waals surface area (Å²) in [5.41, 5.74) is -0.122. The van der Waals surface area contributed by atoms with E-state index in [-0.39, 0.29) is 11.7 Å². The normalized spacial score (nSPS) is 34.9. The molecule has 3 heteroatoms. The number of amides is 1. The van der Waals surface area contributed by atoms with Crippen LogP contribution >= 0.6 is 0 Å². The van der Waals surface area contributed by atoms with Gasteiger partial charge in [-0.2, -0.15) is 0 Å². The summed E-state index contributed by atoms with van der Waals surface area (Å²) in [7, 11) is 0. The summed E-state index contributed by atoms with van der Waals surface area (Å²) in [4.78, 5) is 14.2. The summed E-state index contributed by atoms with van der Waals surface area (Å²) in [5.74, 6) is 1.94. The molecule has 0 radical (unpaired) electrons. The fraction of sp³-hybridized carbons (Fsp3) is 0.917. The Bertz CT molecular complexity index is 294. The topological polar surface area (TPSA) is 32.3 Å². The van der Waals surface area contributed by atoms with Crippen LogP contribution in [-0.4, -0.2) is 29.1 Å². The van der Waals surface area contributed by atoms with Crippen molar-refractivity contribution in [1.82, 2.24) is 10.2 Å². The molecule has 1 N–H and O–H groups in total. The molecule has 2 unspecified atom stereocenters. The molecule has 1 spiro atoms. The smallest absolute Gasteiger partial charge is 0.244 e. The lowest BCUT2D eigenvalue weighted by molar-refractivity contribution is -0.131. The summed E-state index contributed by atoms with van der Waals surface area (Å²) in [5, 5.41) is 3.45. The van der Waals surface area contributed by atoms with Gasteiger partial charge in [-0.3, -0.25) is 10.1 Å². The summed E-state index contributed by atoms with van der Waals surface area (Å²) < 4.78 is 0. The molecule has 2 atom stereocenters. The van der Waals surface area contributed by atoms with Crippen LogP contribution in [0.2, 0.25) is 0 Å². The second-order valence-electron chi connectivity index (χ2n) is 5.67. The summed E-state index contributed by atoms with van der Waals surface area (Å²) in [6, 6.07) is 0. The largest absolute Gasteiger partial charge is 0.326 e. The van der Waals surface area contributed by atoms with Crippen LogP contribution in [0.15, 0.2) is 0 Å². The maximum atomic E-state index is 12.1. The van der Waals surface area contributed by atoms with E-state index in [1.165, 1.54) is 12.8 Å². The van der Waals surface area contributed by atoms with Crippen LogP contribution in [0.25, 0.3) is 0 Å². The molecule has 1 aliphatic heterocycles. The molecular formula is C12H20N2O. The molecule has 0 aromatic carbocycles. The van der Waals surface area contributed by atoms with Crippen LogP contribution in [0.4, 0.5) is 0 Å². The van der Waals surface area contributed by atoms with Crippen LogP contribution < -0.4 is 5.32 Å². The molecular weight excluding hydrogens is 188 g/mol. The molecule has 3 rings (SSSR count). The van der Waals surface area contributed by atoms with E-state index in [4.69, 9.17) is 0 Å². The molecule has 1 saturated heterocycles. The second-order valence-corrected chi connectivity index (χ2v) is 5.67. The summed E-state index contributed by atoms with van der Waals surface area (Å²) in [6.45, 7) is 5.36. The van der Waals surface area contributed by atoms with Crippen molar-refractivity contribution in [3.05, 3.63) is 0 Å². The van der Waals surface area contributed by atoms with E-state index in [9.17, 15) is 4.79 Å². The Balaban J connectivity index is 1.67. The zero-order valence-electron chi connectivity index (χ0n) is 9.62. The zero-order valence-corrected chi connectivity index (χ0v) is 9.62. The van der Waals surface area contributed by atoms with Crippen LogP contribution in [0.1, 0.15) is 39.5 Å². The van der Waals surface area contributed by atoms with Crippen molar-refractivity contribution in [2.24, 2.45) is 11.8 Å². The number of carbonyl (C=O) groups excluding carboxylic acids is 1. The highest BCUT2D eigenvalue weighted by Crippen LogP contribution is 2.43. The Morgan fingerprint density at radius 2 is 2.20 bits per heavy atom. The molecule has 3 nitrogen and oxygen atoms in total. The maximum absolute atomic E-state index is 12.1. The van der Waals surface area contributed by atoms with Gasteiger partial charge in [-0.1, -0.05) is 6.92 Å². The third kappa shape index (κ3) is 1.48. The van der Waals surface area contributed by atoms with Gasteiger partial charge in [0.05, 0.1) is 11.7 Å².